The molecule has 0 atom stereocenters. The van der Waals surface area contributed by atoms with Gasteiger partial charge in [-0.3, -0.25) is 14.2 Å². The molecule has 3 aromatic carbocycles. The van der Waals surface area contributed by atoms with Crippen molar-refractivity contribution in [1.29, 1.82) is 0 Å². The third-order valence-corrected chi connectivity index (χ3v) is 5.39. The average molecular weight is 454 g/mol. The summed E-state index contributed by atoms with van der Waals surface area (Å²) in [4.78, 5) is 30.3. The Hall–Kier alpha value is -3.35. The van der Waals surface area contributed by atoms with E-state index >= 15 is 0 Å². The number of carbonyl (C=O) groups excluding carboxylic acids is 1. The summed E-state index contributed by atoms with van der Waals surface area (Å²) in [6.07, 6.45) is 1.50. The lowest BCUT2D eigenvalue weighted by Gasteiger charge is -2.12. The second-order valence-corrected chi connectivity index (χ2v) is 7.92. The van der Waals surface area contributed by atoms with Gasteiger partial charge in [0.05, 0.1) is 39.5 Å². The number of anilines is 1. The second kappa shape index (κ2) is 8.41. The first-order valence-electron chi connectivity index (χ1n) is 9.36. The molecule has 156 valence electrons. The predicted molar refractivity (Wildman–Crippen MR) is 122 cm³/mol. The molecule has 1 heterocycles. The maximum atomic E-state index is 13.2. The van der Waals surface area contributed by atoms with Gasteiger partial charge in [0.1, 0.15) is 0 Å². The van der Waals surface area contributed by atoms with Crippen molar-refractivity contribution in [2.75, 3.05) is 5.32 Å². The Balaban J connectivity index is 1.73. The number of amides is 1. The monoisotopic (exact) mass is 453 g/mol. The molecule has 0 spiro atoms. The molecule has 0 aliphatic heterocycles. The third-order valence-electron chi connectivity index (χ3n) is 4.82. The van der Waals surface area contributed by atoms with Gasteiger partial charge in [-0.05, 0) is 36.8 Å². The van der Waals surface area contributed by atoms with Gasteiger partial charge >= 0.3 is 0 Å². The Morgan fingerprint density at radius 3 is 2.52 bits per heavy atom. The van der Waals surface area contributed by atoms with Crippen LogP contribution in [0.4, 0.5) is 5.69 Å². The van der Waals surface area contributed by atoms with Gasteiger partial charge in [-0.25, -0.2) is 4.98 Å². The number of hydrogen-bond donors (Lipinski definition) is 2. The van der Waals surface area contributed by atoms with Crippen molar-refractivity contribution in [3.63, 3.8) is 0 Å². The highest BCUT2D eigenvalue weighted by atomic mass is 35.5. The number of hydrogen-bond acceptors (Lipinski definition) is 4. The molecule has 0 saturated heterocycles. The van der Waals surface area contributed by atoms with Crippen LogP contribution in [0.25, 0.3) is 10.9 Å². The minimum Gasteiger partial charge on any atom is -0.505 e. The molecule has 0 bridgehead atoms. The van der Waals surface area contributed by atoms with Gasteiger partial charge < -0.3 is 10.4 Å². The van der Waals surface area contributed by atoms with E-state index in [1.165, 1.54) is 23.0 Å². The molecule has 4 aromatic rings. The highest BCUT2D eigenvalue weighted by Gasteiger charge is 2.16. The Bertz CT molecular complexity index is 1360. The van der Waals surface area contributed by atoms with Crippen molar-refractivity contribution in [3.8, 4) is 5.75 Å². The van der Waals surface area contributed by atoms with E-state index in [1.807, 2.05) is 31.2 Å². The fourth-order valence-electron chi connectivity index (χ4n) is 3.32. The summed E-state index contributed by atoms with van der Waals surface area (Å²) >= 11 is 11.8. The number of nitrogens with one attached hydrogen (secondary N) is 1. The van der Waals surface area contributed by atoms with Crippen molar-refractivity contribution >= 4 is 45.7 Å². The fraction of sp³-hybridized carbons (Fsp3) is 0.0870. The quantitative estimate of drug-likeness (QED) is 0.454. The molecule has 0 radical (unpaired) electrons. The number of aromatic hydroxyl groups is 1. The normalized spacial score (nSPS) is 10.9. The number of rotatable bonds is 4. The zero-order valence-electron chi connectivity index (χ0n) is 16.4. The molecule has 0 saturated carbocycles. The van der Waals surface area contributed by atoms with Crippen LogP contribution >= 0.6 is 23.2 Å². The maximum absolute atomic E-state index is 13.2. The summed E-state index contributed by atoms with van der Waals surface area (Å²) in [7, 11) is 0. The van der Waals surface area contributed by atoms with Crippen molar-refractivity contribution in [1.82, 2.24) is 9.55 Å². The van der Waals surface area contributed by atoms with Crippen LogP contribution in [0.15, 0.2) is 65.7 Å². The van der Waals surface area contributed by atoms with E-state index in [9.17, 15) is 14.7 Å². The standard InChI is InChI=1S/C23H17Cl2N3O3/c1-13-4-2-5-14(8-13)11-28-12-26-18-6-3-7-19(20(18)23(28)31)27-22(30)15-9-16(24)21(29)17(25)10-15/h2-10,12,29H,11H2,1H3,(H,27,30). The Kier molecular flexibility index (Phi) is 5.67. The topological polar surface area (TPSA) is 84.2 Å². The number of halogens is 2. The zero-order valence-corrected chi connectivity index (χ0v) is 17.9. The van der Waals surface area contributed by atoms with Crippen molar-refractivity contribution in [2.24, 2.45) is 0 Å². The van der Waals surface area contributed by atoms with Crippen LogP contribution in [0, 0.1) is 6.92 Å². The number of aromatic nitrogens is 2. The Labute approximate surface area is 187 Å². The highest BCUT2D eigenvalue weighted by Crippen LogP contribution is 2.33. The first-order chi connectivity index (χ1) is 14.8. The number of carbonyl (C=O) groups is 1. The number of phenols is 1. The van der Waals surface area contributed by atoms with Crippen LogP contribution in [0.2, 0.25) is 10.0 Å². The summed E-state index contributed by atoms with van der Waals surface area (Å²) in [5.41, 5.74) is 2.72. The first kappa shape index (κ1) is 20.9. The number of phenolic OH excluding ortho intramolecular Hbond substituents is 1. The summed E-state index contributed by atoms with van der Waals surface area (Å²) < 4.78 is 1.50. The van der Waals surface area contributed by atoms with Crippen LogP contribution in [0.1, 0.15) is 21.5 Å². The van der Waals surface area contributed by atoms with Gasteiger partial charge in [0, 0.05) is 5.56 Å². The molecular weight excluding hydrogens is 437 g/mol. The molecule has 1 amide bonds. The van der Waals surface area contributed by atoms with Crippen LogP contribution in [0.3, 0.4) is 0 Å². The summed E-state index contributed by atoms with van der Waals surface area (Å²) in [6.45, 7) is 2.34. The number of fused-ring (bicyclic) bond motifs is 1. The molecule has 1 aromatic heterocycles. The van der Waals surface area contributed by atoms with Gasteiger partial charge in [0.15, 0.2) is 5.75 Å². The van der Waals surface area contributed by atoms with E-state index in [0.29, 0.717) is 23.1 Å². The molecule has 0 unspecified atom stereocenters. The van der Waals surface area contributed by atoms with Gasteiger partial charge in [0.2, 0.25) is 0 Å². The van der Waals surface area contributed by atoms with Gasteiger partial charge in [-0.15, -0.1) is 0 Å². The molecular formula is C23H17Cl2N3O3. The van der Waals surface area contributed by atoms with E-state index < -0.39 is 5.91 Å². The Morgan fingerprint density at radius 2 is 1.81 bits per heavy atom. The van der Waals surface area contributed by atoms with E-state index in [-0.39, 0.29) is 26.9 Å². The molecule has 0 aliphatic carbocycles. The molecule has 31 heavy (non-hydrogen) atoms. The molecule has 4 rings (SSSR count). The third kappa shape index (κ3) is 4.26. The zero-order chi connectivity index (χ0) is 22.1. The summed E-state index contributed by atoms with van der Waals surface area (Å²) in [5.74, 6) is -0.821. The van der Waals surface area contributed by atoms with E-state index in [2.05, 4.69) is 10.3 Å². The number of nitrogens with zero attached hydrogens (tertiary/aromatic N) is 2. The fourth-order valence-corrected chi connectivity index (χ4v) is 3.80. The van der Waals surface area contributed by atoms with Crippen LogP contribution < -0.4 is 10.9 Å². The highest BCUT2D eigenvalue weighted by molar-refractivity contribution is 6.37. The van der Waals surface area contributed by atoms with E-state index in [4.69, 9.17) is 23.2 Å². The molecule has 0 fully saturated rings. The largest absolute Gasteiger partial charge is 0.505 e. The number of benzene rings is 3. The minimum absolute atomic E-state index is 0.0438. The van der Waals surface area contributed by atoms with Crippen LogP contribution in [-0.4, -0.2) is 20.6 Å². The van der Waals surface area contributed by atoms with E-state index in [1.54, 1.807) is 18.2 Å². The van der Waals surface area contributed by atoms with Gasteiger partial charge in [-0.2, -0.15) is 0 Å². The van der Waals surface area contributed by atoms with Crippen molar-refractivity contribution < 1.29 is 9.90 Å². The molecule has 8 heteroatoms. The average Bonchev–Trinajstić information content (AvgIpc) is 2.73. The summed E-state index contributed by atoms with van der Waals surface area (Å²) in [5, 5.41) is 12.6. The minimum atomic E-state index is -0.523. The second-order valence-electron chi connectivity index (χ2n) is 7.11. The van der Waals surface area contributed by atoms with Crippen molar-refractivity contribution in [2.45, 2.75) is 13.5 Å². The first-order valence-corrected chi connectivity index (χ1v) is 10.1. The van der Waals surface area contributed by atoms with Crippen LogP contribution in [-0.2, 0) is 6.54 Å². The smallest absolute Gasteiger partial charge is 0.263 e. The summed E-state index contributed by atoms with van der Waals surface area (Å²) in [6, 6.07) is 15.5. The Morgan fingerprint density at radius 1 is 1.10 bits per heavy atom. The SMILES string of the molecule is Cc1cccc(Cn2cnc3cccc(NC(=O)c4cc(Cl)c(O)c(Cl)c4)c3c2=O)c1. The molecule has 6 nitrogen and oxygen atoms in total. The predicted octanol–water partition coefficient (Wildman–Crippen LogP) is 5.02. The lowest BCUT2D eigenvalue weighted by atomic mass is 10.1. The lowest BCUT2D eigenvalue weighted by molar-refractivity contribution is 0.102. The number of aryl methyl sites for hydroxylation is 1. The van der Waals surface area contributed by atoms with Crippen LogP contribution in [0.5, 0.6) is 5.75 Å². The maximum Gasteiger partial charge on any atom is 0.263 e. The lowest BCUT2D eigenvalue weighted by Crippen LogP contribution is -2.23. The molecule has 2 N–H and O–H groups in total. The van der Waals surface area contributed by atoms with Crippen molar-refractivity contribution in [3.05, 3.63) is 98.0 Å². The van der Waals surface area contributed by atoms with E-state index in [0.717, 1.165) is 11.1 Å². The van der Waals surface area contributed by atoms with Gasteiger partial charge in [-0.1, -0.05) is 59.1 Å². The molecule has 0 aliphatic rings. The van der Waals surface area contributed by atoms with Gasteiger partial charge in [0.25, 0.3) is 11.5 Å².